The van der Waals surface area contributed by atoms with E-state index in [1.54, 1.807) is 20.5 Å². The van der Waals surface area contributed by atoms with E-state index in [0.29, 0.717) is 34.0 Å². The van der Waals surface area contributed by atoms with Crippen LogP contribution in [0.3, 0.4) is 0 Å². The van der Waals surface area contributed by atoms with Gasteiger partial charge in [-0.25, -0.2) is 9.97 Å². The first kappa shape index (κ1) is 23.5. The number of hydrogen-bond acceptors (Lipinski definition) is 6. The first-order chi connectivity index (χ1) is 17.2. The Kier molecular flexibility index (Phi) is 7.08. The number of benzene rings is 2. The predicted octanol–water partition coefficient (Wildman–Crippen LogP) is 5.77. The van der Waals surface area contributed by atoms with Gasteiger partial charge in [-0.1, -0.05) is 55.7 Å². The number of nitrogens with one attached hydrogen (secondary N) is 2. The Hall–Kier alpha value is -3.26. The summed E-state index contributed by atoms with van der Waals surface area (Å²) in [4.78, 5) is 13.5. The predicted molar refractivity (Wildman–Crippen MR) is 137 cm³/mol. The van der Waals surface area contributed by atoms with Crippen LogP contribution in [0.2, 0.25) is 0 Å². The van der Waals surface area contributed by atoms with E-state index < -0.39 is 0 Å². The second-order valence-electron chi connectivity index (χ2n) is 9.00. The smallest absolute Gasteiger partial charge is 0.174 e. The summed E-state index contributed by atoms with van der Waals surface area (Å²) in [5.41, 5.74) is 2.96. The number of hydrogen-bond donors (Lipinski definition) is 2. The van der Waals surface area contributed by atoms with Crippen LogP contribution in [0.25, 0.3) is 11.2 Å². The quantitative estimate of drug-likeness (QED) is 0.328. The molecular formula is C27H31N5O2S. The summed E-state index contributed by atoms with van der Waals surface area (Å²) in [5, 5.41) is 9.08. The minimum atomic E-state index is 0.196. The number of aromatic nitrogens is 4. The van der Waals surface area contributed by atoms with Gasteiger partial charge in [0, 0.05) is 12.5 Å². The first-order valence-electron chi connectivity index (χ1n) is 12.1. The molecule has 4 aromatic rings. The van der Waals surface area contributed by atoms with Crippen LogP contribution in [-0.4, -0.2) is 33.7 Å². The highest BCUT2D eigenvalue weighted by Crippen LogP contribution is 2.40. The molecule has 5 rings (SSSR count). The maximum absolute atomic E-state index is 8.39. The van der Waals surface area contributed by atoms with E-state index in [1.165, 1.54) is 49.4 Å². The molecule has 1 atom stereocenters. The molecule has 7 nitrogen and oxygen atoms in total. The molecule has 1 unspecified atom stereocenters. The van der Waals surface area contributed by atoms with Gasteiger partial charge in [0.15, 0.2) is 27.8 Å². The second kappa shape index (κ2) is 10.6. The molecule has 8 heteroatoms. The van der Waals surface area contributed by atoms with Crippen LogP contribution < -0.4 is 15.0 Å². The molecule has 2 N–H and O–H groups in total. The number of H-pyrrole nitrogens is 1. The maximum Gasteiger partial charge on any atom is 0.174 e. The van der Waals surface area contributed by atoms with Crippen molar-refractivity contribution in [3.8, 4) is 11.5 Å². The minimum Gasteiger partial charge on any atom is -0.493 e. The van der Waals surface area contributed by atoms with Crippen molar-refractivity contribution in [1.29, 1.82) is 5.41 Å². The van der Waals surface area contributed by atoms with Crippen LogP contribution in [0.15, 0.2) is 64.9 Å². The monoisotopic (exact) mass is 489 g/mol. The van der Waals surface area contributed by atoms with Crippen molar-refractivity contribution < 1.29 is 9.47 Å². The molecular weight excluding hydrogens is 458 g/mol. The Labute approximate surface area is 209 Å². The highest BCUT2D eigenvalue weighted by molar-refractivity contribution is 7.99. The fourth-order valence-corrected chi connectivity index (χ4v) is 6.08. The fourth-order valence-electron chi connectivity index (χ4n) is 5.16. The van der Waals surface area contributed by atoms with Gasteiger partial charge in [0.1, 0.15) is 5.52 Å². The number of aromatic amines is 1. The average molecular weight is 490 g/mol. The normalized spacial score (nSPS) is 15.3. The largest absolute Gasteiger partial charge is 0.493 e. The number of para-hydroxylation sites is 1. The van der Waals surface area contributed by atoms with Crippen molar-refractivity contribution in [2.24, 2.45) is 5.92 Å². The second-order valence-corrected chi connectivity index (χ2v) is 10.0. The minimum absolute atomic E-state index is 0.196. The van der Waals surface area contributed by atoms with Crippen LogP contribution in [-0.2, 0) is 6.54 Å². The SMILES string of the molecule is COc1cccc(Sc2nc3c([nH]2)c(=N)ncn3CC(c2ccccc2)C2CCCCC2)c1OC. The summed E-state index contributed by atoms with van der Waals surface area (Å²) in [6.07, 6.45) is 8.20. The molecule has 0 bridgehead atoms. The lowest BCUT2D eigenvalue weighted by Crippen LogP contribution is -2.23. The third-order valence-corrected chi connectivity index (χ3v) is 7.84. The van der Waals surface area contributed by atoms with Crippen LogP contribution in [0.5, 0.6) is 11.5 Å². The van der Waals surface area contributed by atoms with Gasteiger partial charge in [0.2, 0.25) is 0 Å². The van der Waals surface area contributed by atoms with Crippen LogP contribution in [0, 0.1) is 11.3 Å². The van der Waals surface area contributed by atoms with Gasteiger partial charge in [-0.15, -0.1) is 0 Å². The van der Waals surface area contributed by atoms with Crippen LogP contribution in [0.1, 0.15) is 43.6 Å². The Balaban J connectivity index is 1.51. The van der Waals surface area contributed by atoms with E-state index in [-0.39, 0.29) is 5.49 Å². The average Bonchev–Trinajstić information content (AvgIpc) is 3.34. The molecule has 0 radical (unpaired) electrons. The molecule has 2 aromatic carbocycles. The Morgan fingerprint density at radius 1 is 1.06 bits per heavy atom. The maximum atomic E-state index is 8.39. The molecule has 1 aliphatic rings. The Bertz CT molecular complexity index is 1340. The topological polar surface area (TPSA) is 88.8 Å². The van der Waals surface area contributed by atoms with Crippen molar-refractivity contribution in [1.82, 2.24) is 19.5 Å². The van der Waals surface area contributed by atoms with E-state index in [0.717, 1.165) is 17.1 Å². The number of methoxy groups -OCH3 is 2. The highest BCUT2D eigenvalue weighted by Gasteiger charge is 2.26. The summed E-state index contributed by atoms with van der Waals surface area (Å²) >= 11 is 1.46. The number of rotatable bonds is 8. The molecule has 1 saturated carbocycles. The zero-order valence-corrected chi connectivity index (χ0v) is 21.0. The van der Waals surface area contributed by atoms with E-state index >= 15 is 0 Å². The Morgan fingerprint density at radius 2 is 1.86 bits per heavy atom. The van der Waals surface area contributed by atoms with Gasteiger partial charge in [0.25, 0.3) is 0 Å². The molecule has 35 heavy (non-hydrogen) atoms. The summed E-state index contributed by atoms with van der Waals surface area (Å²) in [7, 11) is 3.26. The summed E-state index contributed by atoms with van der Waals surface area (Å²) in [5.74, 6) is 2.36. The molecule has 2 aromatic heterocycles. The molecule has 1 aliphatic carbocycles. The molecule has 0 amide bonds. The van der Waals surface area contributed by atoms with Crippen molar-refractivity contribution in [3.63, 3.8) is 0 Å². The van der Waals surface area contributed by atoms with Crippen molar-refractivity contribution in [2.45, 2.75) is 54.6 Å². The van der Waals surface area contributed by atoms with E-state index in [9.17, 15) is 0 Å². The van der Waals surface area contributed by atoms with Gasteiger partial charge in [-0.2, -0.15) is 0 Å². The van der Waals surface area contributed by atoms with E-state index in [4.69, 9.17) is 19.9 Å². The lowest BCUT2D eigenvalue weighted by atomic mass is 9.76. The number of nitrogens with zero attached hydrogens (tertiary/aromatic N) is 3. The molecule has 182 valence electrons. The molecule has 0 spiro atoms. The number of fused-ring (bicyclic) bond motifs is 1. The summed E-state index contributed by atoms with van der Waals surface area (Å²) in [6.45, 7) is 0.788. The summed E-state index contributed by atoms with van der Waals surface area (Å²) < 4.78 is 13.1. The Morgan fingerprint density at radius 3 is 2.60 bits per heavy atom. The van der Waals surface area contributed by atoms with Gasteiger partial charge in [0.05, 0.1) is 25.4 Å². The molecule has 0 saturated heterocycles. The van der Waals surface area contributed by atoms with Gasteiger partial charge >= 0.3 is 0 Å². The van der Waals surface area contributed by atoms with E-state index in [1.807, 2.05) is 18.2 Å². The van der Waals surface area contributed by atoms with Crippen LogP contribution in [0.4, 0.5) is 0 Å². The van der Waals surface area contributed by atoms with E-state index in [2.05, 4.69) is 44.9 Å². The molecule has 0 aliphatic heterocycles. The third kappa shape index (κ3) is 4.93. The van der Waals surface area contributed by atoms with Crippen molar-refractivity contribution in [3.05, 3.63) is 65.9 Å². The number of imidazole rings is 1. The van der Waals surface area contributed by atoms with Gasteiger partial charge in [-0.05, 0) is 48.2 Å². The van der Waals surface area contributed by atoms with Crippen LogP contribution >= 0.6 is 11.8 Å². The van der Waals surface area contributed by atoms with Crippen molar-refractivity contribution in [2.75, 3.05) is 14.2 Å². The highest BCUT2D eigenvalue weighted by atomic mass is 32.2. The zero-order valence-electron chi connectivity index (χ0n) is 20.2. The standard InChI is InChI=1S/C27H31N5O2S/c1-33-21-14-9-15-22(24(21)34-2)35-27-30-23-25(28)29-17-32(26(23)31-27)16-20(18-10-5-3-6-11-18)19-12-7-4-8-13-19/h3,5-6,9-11,14-15,17,19-20,28H,4,7-8,12-13,16H2,1-2H3,(H,30,31). The van der Waals surface area contributed by atoms with Gasteiger partial charge in [-0.3, -0.25) is 5.41 Å². The lowest BCUT2D eigenvalue weighted by molar-refractivity contribution is 0.284. The summed E-state index contributed by atoms with van der Waals surface area (Å²) in [6, 6.07) is 16.6. The first-order valence-corrected chi connectivity index (χ1v) is 12.9. The molecule has 1 fully saturated rings. The third-order valence-electron chi connectivity index (χ3n) is 6.91. The molecule has 2 heterocycles. The van der Waals surface area contributed by atoms with Crippen molar-refractivity contribution >= 4 is 22.9 Å². The number of ether oxygens (including phenoxy) is 2. The zero-order chi connectivity index (χ0) is 24.2. The lowest BCUT2D eigenvalue weighted by Gasteiger charge is -2.31. The van der Waals surface area contributed by atoms with Gasteiger partial charge < -0.3 is 19.0 Å². The fraction of sp³-hybridized carbons (Fsp3) is 0.370.